The van der Waals surface area contributed by atoms with Crippen LogP contribution in [0.15, 0.2) is 23.0 Å². The SMILES string of the molecule is Cn1cc(C(=O)C2=CN=C(CC3OC(CO)C(O)C(O)C3O)C2)nn1. The highest BCUT2D eigenvalue weighted by molar-refractivity contribution is 6.12. The molecule has 136 valence electrons. The van der Waals surface area contributed by atoms with E-state index in [4.69, 9.17) is 4.74 Å². The number of ketones is 1. The van der Waals surface area contributed by atoms with Crippen molar-refractivity contribution in [2.24, 2.45) is 12.0 Å². The van der Waals surface area contributed by atoms with E-state index in [1.165, 1.54) is 17.1 Å². The summed E-state index contributed by atoms with van der Waals surface area (Å²) in [5, 5.41) is 46.4. The van der Waals surface area contributed by atoms with Crippen LogP contribution in [0.25, 0.3) is 0 Å². The van der Waals surface area contributed by atoms with E-state index in [1.807, 2.05) is 0 Å². The van der Waals surface area contributed by atoms with Gasteiger partial charge < -0.3 is 25.2 Å². The van der Waals surface area contributed by atoms with E-state index < -0.39 is 37.1 Å². The zero-order chi connectivity index (χ0) is 18.1. The molecule has 0 spiro atoms. The van der Waals surface area contributed by atoms with E-state index in [-0.39, 0.29) is 24.3 Å². The van der Waals surface area contributed by atoms with Crippen LogP contribution in [0.4, 0.5) is 0 Å². The number of Topliss-reactive ketones (excluding diaryl/α,β-unsaturated/α-hetero) is 1. The quantitative estimate of drug-likeness (QED) is 0.443. The second kappa shape index (κ2) is 7.10. The lowest BCUT2D eigenvalue weighted by molar-refractivity contribution is -0.227. The Balaban J connectivity index is 1.61. The first-order valence-corrected chi connectivity index (χ1v) is 7.87. The molecule has 2 aliphatic rings. The average molecular weight is 352 g/mol. The zero-order valence-electron chi connectivity index (χ0n) is 13.6. The third kappa shape index (κ3) is 3.53. The molecule has 3 rings (SSSR count). The summed E-state index contributed by atoms with van der Waals surface area (Å²) in [7, 11) is 1.66. The Kier molecular flexibility index (Phi) is 5.06. The monoisotopic (exact) mass is 352 g/mol. The number of carbonyl (C=O) groups excluding carboxylic acids is 1. The standard InChI is InChI=1S/C15H20N4O6/c1-19-5-9(17-18-19)12(21)7-2-8(16-4-7)3-10-13(22)15(24)14(23)11(6-20)25-10/h4-5,10-11,13-15,20,22-24H,2-3,6H2,1H3. The largest absolute Gasteiger partial charge is 0.394 e. The van der Waals surface area contributed by atoms with E-state index in [0.717, 1.165) is 0 Å². The number of nitrogens with zero attached hydrogens (tertiary/aromatic N) is 4. The van der Waals surface area contributed by atoms with Gasteiger partial charge in [-0.05, 0) is 0 Å². The van der Waals surface area contributed by atoms with Crippen molar-refractivity contribution in [3.05, 3.63) is 23.7 Å². The molecule has 25 heavy (non-hydrogen) atoms. The van der Waals surface area contributed by atoms with Crippen LogP contribution in [0.3, 0.4) is 0 Å². The summed E-state index contributed by atoms with van der Waals surface area (Å²) in [6, 6.07) is 0. The van der Waals surface area contributed by atoms with Crippen LogP contribution in [-0.4, -0.2) is 84.0 Å². The molecule has 0 bridgehead atoms. The van der Waals surface area contributed by atoms with E-state index in [0.29, 0.717) is 11.3 Å². The number of ether oxygens (including phenoxy) is 1. The number of hydrogen-bond donors (Lipinski definition) is 4. The molecule has 10 heteroatoms. The summed E-state index contributed by atoms with van der Waals surface area (Å²) in [4.78, 5) is 16.5. The average Bonchev–Trinajstić information content (AvgIpc) is 3.24. The number of aliphatic imine (C=N–C) groups is 1. The number of hydrogen-bond acceptors (Lipinski definition) is 9. The van der Waals surface area contributed by atoms with Gasteiger partial charge in [0.15, 0.2) is 5.69 Å². The molecule has 0 amide bonds. The second-order valence-electron chi connectivity index (χ2n) is 6.20. The van der Waals surface area contributed by atoms with Crippen LogP contribution >= 0.6 is 0 Å². The number of aliphatic hydroxyl groups excluding tert-OH is 4. The van der Waals surface area contributed by atoms with Crippen LogP contribution in [0.5, 0.6) is 0 Å². The zero-order valence-corrected chi connectivity index (χ0v) is 13.6. The third-order valence-electron chi connectivity index (χ3n) is 4.35. The number of carbonyl (C=O) groups is 1. The van der Waals surface area contributed by atoms with Crippen molar-refractivity contribution >= 4 is 11.5 Å². The van der Waals surface area contributed by atoms with Gasteiger partial charge >= 0.3 is 0 Å². The molecule has 5 unspecified atom stereocenters. The molecule has 0 aliphatic carbocycles. The van der Waals surface area contributed by atoms with E-state index in [9.17, 15) is 25.2 Å². The van der Waals surface area contributed by atoms with Crippen LogP contribution in [0.2, 0.25) is 0 Å². The smallest absolute Gasteiger partial charge is 0.212 e. The first kappa shape index (κ1) is 17.8. The van der Waals surface area contributed by atoms with Gasteiger partial charge in [-0.3, -0.25) is 14.5 Å². The summed E-state index contributed by atoms with van der Waals surface area (Å²) in [6.45, 7) is -0.484. The molecule has 1 saturated heterocycles. The Morgan fingerprint density at radius 2 is 2.00 bits per heavy atom. The highest BCUT2D eigenvalue weighted by Crippen LogP contribution is 2.26. The molecule has 1 aromatic rings. The van der Waals surface area contributed by atoms with Crippen molar-refractivity contribution in [1.29, 1.82) is 0 Å². The molecule has 3 heterocycles. The van der Waals surface area contributed by atoms with Crippen molar-refractivity contribution < 1.29 is 30.0 Å². The fraction of sp³-hybridized carbons (Fsp3) is 0.600. The number of allylic oxidation sites excluding steroid dienone is 1. The van der Waals surface area contributed by atoms with Gasteiger partial charge in [0.05, 0.1) is 18.9 Å². The summed E-state index contributed by atoms with van der Waals surface area (Å²) in [5.74, 6) is -0.277. The predicted molar refractivity (Wildman–Crippen MR) is 83.9 cm³/mol. The fourth-order valence-electron chi connectivity index (χ4n) is 2.94. The van der Waals surface area contributed by atoms with E-state index in [1.54, 1.807) is 7.05 Å². The second-order valence-corrected chi connectivity index (χ2v) is 6.20. The Bertz CT molecular complexity index is 713. The predicted octanol–water partition coefficient (Wildman–Crippen LogP) is -2.04. The van der Waals surface area contributed by atoms with Gasteiger partial charge in [0.2, 0.25) is 5.78 Å². The first-order chi connectivity index (χ1) is 11.9. The number of aliphatic hydroxyl groups is 4. The fourth-order valence-corrected chi connectivity index (χ4v) is 2.94. The van der Waals surface area contributed by atoms with Crippen LogP contribution in [-0.2, 0) is 11.8 Å². The molecular weight excluding hydrogens is 332 g/mol. The lowest BCUT2D eigenvalue weighted by Crippen LogP contribution is -2.58. The van der Waals surface area contributed by atoms with Gasteiger partial charge in [0, 0.05) is 37.4 Å². The van der Waals surface area contributed by atoms with Crippen molar-refractivity contribution in [3.8, 4) is 0 Å². The molecule has 10 nitrogen and oxygen atoms in total. The highest BCUT2D eigenvalue weighted by atomic mass is 16.5. The molecule has 0 saturated carbocycles. The van der Waals surface area contributed by atoms with Crippen LogP contribution < -0.4 is 0 Å². The van der Waals surface area contributed by atoms with Crippen molar-refractivity contribution in [3.63, 3.8) is 0 Å². The lowest BCUT2D eigenvalue weighted by atomic mass is 9.91. The molecule has 4 N–H and O–H groups in total. The summed E-state index contributed by atoms with van der Waals surface area (Å²) >= 11 is 0. The van der Waals surface area contributed by atoms with Gasteiger partial charge in [-0.25, -0.2) is 0 Å². The first-order valence-electron chi connectivity index (χ1n) is 7.87. The highest BCUT2D eigenvalue weighted by Gasteiger charge is 2.43. The molecule has 0 aromatic carbocycles. The Hall–Kier alpha value is -1.98. The van der Waals surface area contributed by atoms with Gasteiger partial charge in [0.1, 0.15) is 24.4 Å². The molecule has 1 fully saturated rings. The maximum absolute atomic E-state index is 12.3. The number of aryl methyl sites for hydroxylation is 1. The minimum absolute atomic E-state index is 0.162. The Labute approximate surface area is 143 Å². The van der Waals surface area contributed by atoms with E-state index in [2.05, 4.69) is 15.3 Å². The summed E-state index contributed by atoms with van der Waals surface area (Å²) < 4.78 is 6.88. The maximum atomic E-state index is 12.3. The van der Waals surface area contributed by atoms with Gasteiger partial charge in [-0.1, -0.05) is 5.21 Å². The summed E-state index contributed by atoms with van der Waals surface area (Å²) in [6.07, 6.45) is -2.55. The van der Waals surface area contributed by atoms with Crippen molar-refractivity contribution in [1.82, 2.24) is 15.0 Å². The molecule has 2 aliphatic heterocycles. The topological polar surface area (TPSA) is 150 Å². The summed E-state index contributed by atoms with van der Waals surface area (Å²) in [5.41, 5.74) is 1.26. The Morgan fingerprint density at radius 3 is 2.64 bits per heavy atom. The van der Waals surface area contributed by atoms with Crippen LogP contribution in [0.1, 0.15) is 23.3 Å². The van der Waals surface area contributed by atoms with Gasteiger partial charge in [-0.2, -0.15) is 0 Å². The minimum atomic E-state index is -1.42. The number of rotatable bonds is 5. The van der Waals surface area contributed by atoms with E-state index >= 15 is 0 Å². The van der Waals surface area contributed by atoms with Crippen molar-refractivity contribution in [2.45, 2.75) is 43.4 Å². The van der Waals surface area contributed by atoms with Crippen LogP contribution in [0, 0.1) is 0 Å². The normalized spacial score (nSPS) is 32.4. The lowest BCUT2D eigenvalue weighted by Gasteiger charge is -2.40. The Morgan fingerprint density at radius 1 is 1.28 bits per heavy atom. The minimum Gasteiger partial charge on any atom is -0.394 e. The molecule has 5 atom stereocenters. The third-order valence-corrected chi connectivity index (χ3v) is 4.35. The molecular formula is C15H20N4O6. The molecule has 0 radical (unpaired) electrons. The maximum Gasteiger partial charge on any atom is 0.212 e. The van der Waals surface area contributed by atoms with Gasteiger partial charge in [0.25, 0.3) is 0 Å². The number of aromatic nitrogens is 3. The van der Waals surface area contributed by atoms with Crippen molar-refractivity contribution in [2.75, 3.05) is 6.61 Å². The molecule has 1 aromatic heterocycles. The van der Waals surface area contributed by atoms with Gasteiger partial charge in [-0.15, -0.1) is 5.10 Å².